The molecule has 3 aromatic rings. The van der Waals surface area contributed by atoms with Crippen LogP contribution in [0.2, 0.25) is 5.02 Å². The molecular weight excluding hydrogens is 396 g/mol. The number of carbonyl (C=O) groups excluding carboxylic acids is 2. The highest BCUT2D eigenvalue weighted by molar-refractivity contribution is 7.21. The van der Waals surface area contributed by atoms with Crippen molar-refractivity contribution in [2.45, 2.75) is 20.3 Å². The molecule has 0 saturated carbocycles. The number of hydrogen-bond donors (Lipinski definition) is 2. The van der Waals surface area contributed by atoms with Crippen molar-refractivity contribution < 1.29 is 14.3 Å². The Kier molecular flexibility index (Phi) is 6.54. The molecule has 0 atom stereocenters. The molecule has 28 heavy (non-hydrogen) atoms. The number of nitrogens with one attached hydrogen (secondary N) is 2. The van der Waals surface area contributed by atoms with Crippen LogP contribution in [-0.2, 0) is 0 Å². The van der Waals surface area contributed by atoms with E-state index in [2.05, 4.69) is 24.7 Å². The molecule has 0 bridgehead atoms. The van der Waals surface area contributed by atoms with E-state index in [1.807, 2.05) is 24.3 Å². The van der Waals surface area contributed by atoms with Crippen LogP contribution in [0.4, 0.5) is 0 Å². The van der Waals surface area contributed by atoms with Gasteiger partial charge in [-0.3, -0.25) is 20.4 Å². The summed E-state index contributed by atoms with van der Waals surface area (Å²) < 4.78 is 6.64. The quantitative estimate of drug-likeness (QED) is 0.552. The predicted molar refractivity (Wildman–Crippen MR) is 113 cm³/mol. The Morgan fingerprint density at radius 1 is 1.04 bits per heavy atom. The van der Waals surface area contributed by atoms with Crippen molar-refractivity contribution in [2.75, 3.05) is 6.61 Å². The van der Waals surface area contributed by atoms with E-state index in [-0.39, 0.29) is 0 Å². The van der Waals surface area contributed by atoms with E-state index in [1.165, 1.54) is 11.3 Å². The minimum atomic E-state index is -0.460. The summed E-state index contributed by atoms with van der Waals surface area (Å²) in [6.45, 7) is 4.74. The smallest absolute Gasteiger partial charge is 0.281 e. The van der Waals surface area contributed by atoms with Gasteiger partial charge in [-0.05, 0) is 30.5 Å². The molecule has 5 nitrogen and oxygen atoms in total. The molecule has 2 N–H and O–H groups in total. The zero-order valence-electron chi connectivity index (χ0n) is 15.6. The maximum absolute atomic E-state index is 12.5. The van der Waals surface area contributed by atoms with Gasteiger partial charge in [-0.15, -0.1) is 11.3 Å². The maximum atomic E-state index is 12.5. The summed E-state index contributed by atoms with van der Waals surface area (Å²) in [5.74, 6) is 0.0737. The SMILES string of the molecule is CC(C)CCOc1ccccc1C(=O)NNC(=O)c1sc2ccccc2c1Cl. The summed E-state index contributed by atoms with van der Waals surface area (Å²) in [6.07, 6.45) is 0.886. The Balaban J connectivity index is 1.66. The molecule has 0 aliphatic carbocycles. The highest BCUT2D eigenvalue weighted by Crippen LogP contribution is 2.34. The predicted octanol–water partition coefficient (Wildman–Crippen LogP) is 5.05. The monoisotopic (exact) mass is 416 g/mol. The number of hydrazine groups is 1. The Morgan fingerprint density at radius 3 is 2.46 bits per heavy atom. The molecule has 0 radical (unpaired) electrons. The van der Waals surface area contributed by atoms with Gasteiger partial charge in [0, 0.05) is 10.1 Å². The lowest BCUT2D eigenvalue weighted by molar-refractivity contribution is 0.0846. The largest absolute Gasteiger partial charge is 0.493 e. The number of amides is 2. The third-order valence-corrected chi connectivity index (χ3v) is 5.79. The van der Waals surface area contributed by atoms with Gasteiger partial charge in [0.2, 0.25) is 0 Å². The second-order valence-electron chi connectivity index (χ2n) is 6.68. The second kappa shape index (κ2) is 9.08. The highest BCUT2D eigenvalue weighted by atomic mass is 35.5. The van der Waals surface area contributed by atoms with E-state index in [0.29, 0.717) is 33.7 Å². The zero-order chi connectivity index (χ0) is 20.1. The van der Waals surface area contributed by atoms with E-state index in [4.69, 9.17) is 16.3 Å². The lowest BCUT2D eigenvalue weighted by atomic mass is 10.1. The van der Waals surface area contributed by atoms with Crippen LogP contribution in [-0.4, -0.2) is 18.4 Å². The van der Waals surface area contributed by atoms with E-state index in [9.17, 15) is 9.59 Å². The third kappa shape index (κ3) is 4.64. The van der Waals surface area contributed by atoms with Gasteiger partial charge in [-0.1, -0.05) is 55.8 Å². The standard InChI is InChI=1S/C21H21ClN2O3S/c1-13(2)11-12-27-16-9-5-3-7-14(16)20(25)23-24-21(26)19-18(22)15-8-4-6-10-17(15)28-19/h3-10,13H,11-12H2,1-2H3,(H,23,25)(H,24,26). The highest BCUT2D eigenvalue weighted by Gasteiger charge is 2.18. The first-order valence-electron chi connectivity index (χ1n) is 8.97. The molecule has 2 amide bonds. The first kappa shape index (κ1) is 20.2. The molecule has 3 rings (SSSR count). The average Bonchev–Trinajstić information content (AvgIpc) is 3.03. The van der Waals surface area contributed by atoms with Gasteiger partial charge in [0.05, 0.1) is 17.2 Å². The Morgan fingerprint density at radius 2 is 1.71 bits per heavy atom. The third-order valence-electron chi connectivity index (χ3n) is 4.12. The fraction of sp³-hybridized carbons (Fsp3) is 0.238. The number of ether oxygens (including phenoxy) is 1. The number of benzene rings is 2. The zero-order valence-corrected chi connectivity index (χ0v) is 17.2. The van der Waals surface area contributed by atoms with Gasteiger partial charge < -0.3 is 4.74 Å². The van der Waals surface area contributed by atoms with Crippen molar-refractivity contribution in [3.05, 3.63) is 64.0 Å². The van der Waals surface area contributed by atoms with Gasteiger partial charge in [-0.2, -0.15) is 0 Å². The number of halogens is 1. The van der Waals surface area contributed by atoms with Crippen molar-refractivity contribution in [3.8, 4) is 5.75 Å². The fourth-order valence-corrected chi connectivity index (χ4v) is 3.99. The van der Waals surface area contributed by atoms with Crippen molar-refractivity contribution in [2.24, 2.45) is 5.92 Å². The van der Waals surface area contributed by atoms with E-state index in [0.717, 1.165) is 16.5 Å². The second-order valence-corrected chi connectivity index (χ2v) is 8.11. The number of thiophene rings is 1. The minimum Gasteiger partial charge on any atom is -0.493 e. The lowest BCUT2D eigenvalue weighted by Gasteiger charge is -2.13. The molecule has 0 unspecified atom stereocenters. The van der Waals surface area contributed by atoms with Crippen LogP contribution < -0.4 is 15.6 Å². The fourth-order valence-electron chi connectivity index (χ4n) is 2.58. The molecular formula is C21H21ClN2O3S. The van der Waals surface area contributed by atoms with Gasteiger partial charge in [0.1, 0.15) is 10.6 Å². The summed E-state index contributed by atoms with van der Waals surface area (Å²) >= 11 is 7.59. The minimum absolute atomic E-state index is 0.352. The molecule has 1 aromatic heterocycles. The normalized spacial score (nSPS) is 10.9. The van der Waals surface area contributed by atoms with Gasteiger partial charge in [0.15, 0.2) is 0 Å². The Labute approximate surface area is 172 Å². The average molecular weight is 417 g/mol. The summed E-state index contributed by atoms with van der Waals surface area (Å²) in [4.78, 5) is 25.3. The number of hydrogen-bond acceptors (Lipinski definition) is 4. The molecule has 2 aromatic carbocycles. The van der Waals surface area contributed by atoms with Crippen LogP contribution in [0.5, 0.6) is 5.75 Å². The first-order chi connectivity index (χ1) is 13.5. The molecule has 146 valence electrons. The van der Waals surface area contributed by atoms with Crippen molar-refractivity contribution in [3.63, 3.8) is 0 Å². The van der Waals surface area contributed by atoms with E-state index >= 15 is 0 Å². The van der Waals surface area contributed by atoms with Gasteiger partial charge in [0.25, 0.3) is 11.8 Å². The molecule has 0 spiro atoms. The summed E-state index contributed by atoms with van der Waals surface area (Å²) in [5.41, 5.74) is 5.23. The van der Waals surface area contributed by atoms with Crippen molar-refractivity contribution in [1.82, 2.24) is 10.9 Å². The van der Waals surface area contributed by atoms with Crippen LogP contribution in [0.1, 0.15) is 40.3 Å². The number of carbonyl (C=O) groups is 2. The van der Waals surface area contributed by atoms with Gasteiger partial charge >= 0.3 is 0 Å². The topological polar surface area (TPSA) is 67.4 Å². The number of para-hydroxylation sites is 1. The molecule has 7 heteroatoms. The summed E-state index contributed by atoms with van der Waals surface area (Å²) in [6, 6.07) is 14.4. The Bertz CT molecular complexity index is 1000. The van der Waals surface area contributed by atoms with Crippen LogP contribution in [0, 0.1) is 5.92 Å². The Hall–Kier alpha value is -2.57. The molecule has 0 fully saturated rings. The van der Waals surface area contributed by atoms with Crippen LogP contribution in [0.25, 0.3) is 10.1 Å². The number of rotatable bonds is 6. The molecule has 0 aliphatic rings. The van der Waals surface area contributed by atoms with Crippen molar-refractivity contribution in [1.29, 1.82) is 0 Å². The maximum Gasteiger partial charge on any atom is 0.281 e. The number of fused-ring (bicyclic) bond motifs is 1. The summed E-state index contributed by atoms with van der Waals surface area (Å²) in [5, 5.41) is 1.19. The van der Waals surface area contributed by atoms with E-state index < -0.39 is 11.8 Å². The lowest BCUT2D eigenvalue weighted by Crippen LogP contribution is -2.41. The summed E-state index contributed by atoms with van der Waals surface area (Å²) in [7, 11) is 0. The van der Waals surface area contributed by atoms with Crippen LogP contribution in [0.15, 0.2) is 48.5 Å². The van der Waals surface area contributed by atoms with Crippen molar-refractivity contribution >= 4 is 44.8 Å². The molecule has 0 saturated heterocycles. The van der Waals surface area contributed by atoms with Gasteiger partial charge in [-0.25, -0.2) is 0 Å². The van der Waals surface area contributed by atoms with Crippen LogP contribution in [0.3, 0.4) is 0 Å². The molecule has 0 aliphatic heterocycles. The van der Waals surface area contributed by atoms with Crippen LogP contribution >= 0.6 is 22.9 Å². The first-order valence-corrected chi connectivity index (χ1v) is 10.2. The van der Waals surface area contributed by atoms with E-state index in [1.54, 1.807) is 24.3 Å². The molecule has 1 heterocycles.